The lowest BCUT2D eigenvalue weighted by Crippen LogP contribution is -2.22. The molecule has 26 heavy (non-hydrogen) atoms. The van der Waals surface area contributed by atoms with Crippen LogP contribution >= 0.6 is 0 Å². The minimum absolute atomic E-state index is 0.281. The molecular formula is C17H19N5O3S. The fourth-order valence-corrected chi connectivity index (χ4v) is 2.82. The van der Waals surface area contributed by atoms with Crippen LogP contribution in [0.2, 0.25) is 0 Å². The third kappa shape index (κ3) is 4.67. The maximum Gasteiger partial charge on any atom is 0.231 e. The van der Waals surface area contributed by atoms with Crippen LogP contribution in [0, 0.1) is 22.7 Å². The number of aryl methyl sites for hydroxylation is 1. The number of hydrogen-bond acceptors (Lipinski definition) is 5. The van der Waals surface area contributed by atoms with Gasteiger partial charge < -0.3 is 4.74 Å². The molecule has 1 aromatic carbocycles. The fraction of sp³-hybridized carbons (Fsp3) is 0.353. The Bertz CT molecular complexity index is 863. The molecule has 0 aliphatic carbocycles. The summed E-state index contributed by atoms with van der Waals surface area (Å²) in [6.45, 7) is 4.60. The van der Waals surface area contributed by atoms with Crippen molar-refractivity contribution in [2.24, 2.45) is 0 Å². The molecule has 0 aliphatic heterocycles. The molecule has 0 amide bonds. The summed E-state index contributed by atoms with van der Waals surface area (Å²) in [7, 11) is 0. The normalized spacial score (nSPS) is 11.6. The third-order valence-electron chi connectivity index (χ3n) is 3.68. The maximum absolute atomic E-state index is 10.7. The van der Waals surface area contributed by atoms with Crippen LogP contribution < -0.4 is 9.46 Å². The monoisotopic (exact) mass is 373 g/mol. The lowest BCUT2D eigenvalue weighted by atomic mass is 10.1. The second-order valence-corrected chi connectivity index (χ2v) is 6.15. The van der Waals surface area contributed by atoms with Crippen molar-refractivity contribution in [1.29, 1.82) is 10.5 Å². The van der Waals surface area contributed by atoms with Crippen LogP contribution in [-0.2, 0) is 30.7 Å². The van der Waals surface area contributed by atoms with E-state index in [-0.39, 0.29) is 6.54 Å². The van der Waals surface area contributed by atoms with Crippen molar-refractivity contribution >= 4 is 11.3 Å². The van der Waals surface area contributed by atoms with Crippen LogP contribution in [0.25, 0.3) is 0 Å². The Kier molecular flexibility index (Phi) is 6.87. The summed E-state index contributed by atoms with van der Waals surface area (Å²) in [6, 6.07) is 8.68. The van der Waals surface area contributed by atoms with E-state index in [1.807, 2.05) is 26.0 Å². The summed E-state index contributed by atoms with van der Waals surface area (Å²) in [6.07, 6.45) is 1.28. The van der Waals surface area contributed by atoms with Crippen molar-refractivity contribution in [3.8, 4) is 23.6 Å². The average molecular weight is 373 g/mol. The smallest absolute Gasteiger partial charge is 0.231 e. The first-order valence-corrected chi connectivity index (χ1v) is 9.19. The highest BCUT2D eigenvalue weighted by Crippen LogP contribution is 2.31. The zero-order valence-corrected chi connectivity index (χ0v) is 15.3. The van der Waals surface area contributed by atoms with E-state index in [9.17, 15) is 4.21 Å². The Morgan fingerprint density at radius 1 is 1.23 bits per heavy atom. The van der Waals surface area contributed by atoms with Crippen LogP contribution in [-0.4, -0.2) is 25.1 Å². The predicted octanol–water partition coefficient (Wildman–Crippen LogP) is 2.27. The molecular weight excluding hydrogens is 354 g/mol. The zero-order chi connectivity index (χ0) is 19.1. The van der Waals surface area contributed by atoms with Gasteiger partial charge in [0.15, 0.2) is 5.75 Å². The van der Waals surface area contributed by atoms with Crippen molar-refractivity contribution in [1.82, 2.24) is 14.5 Å². The van der Waals surface area contributed by atoms with Gasteiger partial charge in [-0.3, -0.25) is 9.23 Å². The largest absolute Gasteiger partial charge is 0.453 e. The van der Waals surface area contributed by atoms with Crippen molar-refractivity contribution in [2.45, 2.75) is 33.2 Å². The number of nitriles is 2. The number of nitrogens with zero attached hydrogens (tertiary/aromatic N) is 4. The van der Waals surface area contributed by atoms with Gasteiger partial charge in [0.1, 0.15) is 11.4 Å². The van der Waals surface area contributed by atoms with E-state index < -0.39 is 11.3 Å². The maximum atomic E-state index is 10.7. The Hall–Kier alpha value is -2.72. The van der Waals surface area contributed by atoms with E-state index in [0.29, 0.717) is 42.0 Å². The van der Waals surface area contributed by atoms with Gasteiger partial charge in [0.2, 0.25) is 11.3 Å². The van der Waals surface area contributed by atoms with Crippen molar-refractivity contribution in [3.05, 3.63) is 40.7 Å². The van der Waals surface area contributed by atoms with E-state index in [1.54, 1.807) is 16.8 Å². The number of nitrogens with one attached hydrogen (secondary N) is 1. The molecule has 0 spiro atoms. The number of hydrogen-bond donors (Lipinski definition) is 2. The Morgan fingerprint density at radius 2 is 1.88 bits per heavy atom. The molecule has 0 bridgehead atoms. The Morgan fingerprint density at radius 3 is 2.38 bits per heavy atom. The summed E-state index contributed by atoms with van der Waals surface area (Å²) >= 11 is -2.07. The highest BCUT2D eigenvalue weighted by Gasteiger charge is 2.18. The van der Waals surface area contributed by atoms with Gasteiger partial charge in [0.05, 0.1) is 35.5 Å². The number of aromatic nitrogens is 2. The minimum Gasteiger partial charge on any atom is -0.453 e. The van der Waals surface area contributed by atoms with Crippen LogP contribution in [0.15, 0.2) is 18.2 Å². The minimum atomic E-state index is -2.07. The molecule has 2 N–H and O–H groups in total. The highest BCUT2D eigenvalue weighted by atomic mass is 32.2. The first-order valence-electron chi connectivity index (χ1n) is 8.08. The molecule has 0 saturated heterocycles. The van der Waals surface area contributed by atoms with E-state index in [2.05, 4.69) is 9.82 Å². The van der Waals surface area contributed by atoms with Gasteiger partial charge in [-0.05, 0) is 31.0 Å². The van der Waals surface area contributed by atoms with Crippen LogP contribution in [0.3, 0.4) is 0 Å². The molecule has 0 saturated carbocycles. The molecule has 1 atom stereocenters. The lowest BCUT2D eigenvalue weighted by Gasteiger charge is -2.10. The van der Waals surface area contributed by atoms with Gasteiger partial charge in [-0.25, -0.2) is 8.93 Å². The summed E-state index contributed by atoms with van der Waals surface area (Å²) in [4.78, 5) is 0. The van der Waals surface area contributed by atoms with Gasteiger partial charge in [0.25, 0.3) is 0 Å². The van der Waals surface area contributed by atoms with Crippen LogP contribution in [0.5, 0.6) is 11.5 Å². The van der Waals surface area contributed by atoms with E-state index in [1.165, 1.54) is 6.07 Å². The molecule has 1 aromatic heterocycles. The number of rotatable bonds is 8. The molecule has 1 unspecified atom stereocenters. The van der Waals surface area contributed by atoms with Crippen LogP contribution in [0.4, 0.5) is 0 Å². The van der Waals surface area contributed by atoms with Gasteiger partial charge >= 0.3 is 0 Å². The third-order valence-corrected chi connectivity index (χ3v) is 4.13. The van der Waals surface area contributed by atoms with Crippen molar-refractivity contribution < 1.29 is 13.5 Å². The molecule has 2 aromatic rings. The van der Waals surface area contributed by atoms with E-state index in [0.717, 1.165) is 11.4 Å². The van der Waals surface area contributed by atoms with E-state index >= 15 is 0 Å². The average Bonchev–Trinajstić information content (AvgIpc) is 2.97. The molecule has 9 heteroatoms. The standard InChI is InChI=1S/C17H19N5O3S/c1-3-15-17(16(4-2)22(21-15)6-5-20-26(23)24)25-14-8-12(10-18)7-13(9-14)11-19/h7-9,20H,3-6H2,1-2H3,(H,23,24). The second-order valence-electron chi connectivity index (χ2n) is 5.37. The lowest BCUT2D eigenvalue weighted by molar-refractivity contribution is 0.467. The van der Waals surface area contributed by atoms with Gasteiger partial charge in [-0.15, -0.1) is 0 Å². The predicted molar refractivity (Wildman–Crippen MR) is 95.7 cm³/mol. The fourth-order valence-electron chi connectivity index (χ4n) is 2.56. The van der Waals surface area contributed by atoms with Crippen LogP contribution in [0.1, 0.15) is 36.4 Å². The van der Waals surface area contributed by atoms with Crippen molar-refractivity contribution in [2.75, 3.05) is 6.54 Å². The molecule has 0 aliphatic rings. The topological polar surface area (TPSA) is 124 Å². The quantitative estimate of drug-likeness (QED) is 0.684. The number of benzene rings is 1. The highest BCUT2D eigenvalue weighted by molar-refractivity contribution is 7.77. The molecule has 0 radical (unpaired) electrons. The number of ether oxygens (including phenoxy) is 1. The summed E-state index contributed by atoms with van der Waals surface area (Å²) in [5.74, 6) is 0.998. The molecule has 1 heterocycles. The summed E-state index contributed by atoms with van der Waals surface area (Å²) in [5.41, 5.74) is 2.27. The molecule has 136 valence electrons. The van der Waals surface area contributed by atoms with Crippen molar-refractivity contribution in [3.63, 3.8) is 0 Å². The first-order chi connectivity index (χ1) is 12.5. The Labute approximate surface area is 154 Å². The van der Waals surface area contributed by atoms with Gasteiger partial charge in [-0.1, -0.05) is 13.8 Å². The summed E-state index contributed by atoms with van der Waals surface area (Å²) < 4.78 is 29.7. The summed E-state index contributed by atoms with van der Waals surface area (Å²) in [5, 5.41) is 22.7. The molecule has 2 rings (SSSR count). The van der Waals surface area contributed by atoms with Gasteiger partial charge in [-0.2, -0.15) is 15.6 Å². The van der Waals surface area contributed by atoms with E-state index in [4.69, 9.17) is 19.8 Å². The molecule has 8 nitrogen and oxygen atoms in total. The van der Waals surface area contributed by atoms with Gasteiger partial charge in [0, 0.05) is 6.54 Å². The SMILES string of the molecule is CCc1nn(CCNS(=O)O)c(CC)c1Oc1cc(C#N)cc(C#N)c1. The molecule has 0 fully saturated rings. The first kappa shape index (κ1) is 19.6. The second kappa shape index (κ2) is 9.11. The Balaban J connectivity index is 2.37. The zero-order valence-electron chi connectivity index (χ0n) is 14.5.